The normalized spacial score (nSPS) is 18.5. The molecule has 1 fully saturated rings. The molecule has 0 bridgehead atoms. The number of aryl methyl sites for hydroxylation is 1. The highest BCUT2D eigenvalue weighted by atomic mass is 16.6. The molecule has 4 nitrogen and oxygen atoms in total. The van der Waals surface area contributed by atoms with Crippen LogP contribution in [0, 0.1) is 0 Å². The van der Waals surface area contributed by atoms with E-state index in [0.29, 0.717) is 6.61 Å². The molecule has 1 aromatic rings. The van der Waals surface area contributed by atoms with Crippen LogP contribution in [0.25, 0.3) is 0 Å². The molecular weight excluding hydrogens is 240 g/mol. The van der Waals surface area contributed by atoms with E-state index in [0.717, 1.165) is 38.9 Å². The van der Waals surface area contributed by atoms with Crippen molar-refractivity contribution < 1.29 is 9.53 Å². The lowest BCUT2D eigenvalue weighted by molar-refractivity contribution is 0.0735. The van der Waals surface area contributed by atoms with E-state index in [1.54, 1.807) is 0 Å². The smallest absolute Gasteiger partial charge is 0.409 e. The molecule has 0 atom stereocenters. The number of ether oxygens (including phenoxy) is 1. The molecule has 0 spiro atoms. The van der Waals surface area contributed by atoms with Crippen LogP contribution in [0.3, 0.4) is 0 Å². The summed E-state index contributed by atoms with van der Waals surface area (Å²) in [6, 6.07) is 6.47. The largest absolute Gasteiger partial charge is 0.449 e. The fourth-order valence-corrected chi connectivity index (χ4v) is 2.85. The summed E-state index contributed by atoms with van der Waals surface area (Å²) >= 11 is 0. The Hall–Kier alpha value is -1.71. The number of nitrogens with zero attached hydrogens (tertiary/aromatic N) is 1. The Balaban J connectivity index is 1.68. The van der Waals surface area contributed by atoms with Gasteiger partial charge in [0.2, 0.25) is 0 Å². The summed E-state index contributed by atoms with van der Waals surface area (Å²) in [6.07, 6.45) is 4.03. The zero-order chi connectivity index (χ0) is 13.1. The minimum Gasteiger partial charge on any atom is -0.449 e. The number of nitrogens with one attached hydrogen (secondary N) is 1. The van der Waals surface area contributed by atoms with Gasteiger partial charge in [0.05, 0.1) is 6.61 Å². The van der Waals surface area contributed by atoms with Gasteiger partial charge in [0.25, 0.3) is 0 Å². The van der Waals surface area contributed by atoms with Gasteiger partial charge in [0.15, 0.2) is 0 Å². The Labute approximate surface area is 113 Å². The highest BCUT2D eigenvalue weighted by Crippen LogP contribution is 2.26. The molecule has 2 aliphatic heterocycles. The highest BCUT2D eigenvalue weighted by molar-refractivity contribution is 5.68. The zero-order valence-corrected chi connectivity index (χ0v) is 11.2. The lowest BCUT2D eigenvalue weighted by atomic mass is 9.98. The second-order valence-corrected chi connectivity index (χ2v) is 5.19. The van der Waals surface area contributed by atoms with Gasteiger partial charge in [0, 0.05) is 25.3 Å². The van der Waals surface area contributed by atoms with Crippen molar-refractivity contribution in [3.8, 4) is 0 Å². The van der Waals surface area contributed by atoms with E-state index in [1.165, 1.54) is 23.2 Å². The van der Waals surface area contributed by atoms with Crippen LogP contribution in [0.15, 0.2) is 18.2 Å². The predicted molar refractivity (Wildman–Crippen MR) is 74.5 cm³/mol. The summed E-state index contributed by atoms with van der Waals surface area (Å²) < 4.78 is 5.06. The maximum Gasteiger partial charge on any atom is 0.409 e. The molecule has 0 aromatic heterocycles. The number of para-hydroxylation sites is 1. The molecular formula is C15H20N2O2. The van der Waals surface area contributed by atoms with Gasteiger partial charge in [0.1, 0.15) is 0 Å². The van der Waals surface area contributed by atoms with Crippen molar-refractivity contribution in [3.05, 3.63) is 29.3 Å². The summed E-state index contributed by atoms with van der Waals surface area (Å²) in [5, 5.41) is 3.50. The molecule has 4 heteroatoms. The molecule has 19 heavy (non-hydrogen) atoms. The summed E-state index contributed by atoms with van der Waals surface area (Å²) in [5.74, 6) is 0. The third kappa shape index (κ3) is 2.67. The molecule has 2 heterocycles. The maximum absolute atomic E-state index is 11.6. The van der Waals surface area contributed by atoms with Gasteiger partial charge in [-0.1, -0.05) is 18.2 Å². The van der Waals surface area contributed by atoms with E-state index in [2.05, 4.69) is 23.5 Å². The number of fused-ring (bicyclic) bond motifs is 1. The topological polar surface area (TPSA) is 41.6 Å². The number of hydrogen-bond acceptors (Lipinski definition) is 3. The van der Waals surface area contributed by atoms with Crippen LogP contribution in [0.1, 0.15) is 24.0 Å². The molecule has 0 saturated carbocycles. The number of benzene rings is 1. The Morgan fingerprint density at radius 1 is 1.32 bits per heavy atom. The molecule has 102 valence electrons. The van der Waals surface area contributed by atoms with E-state index in [9.17, 15) is 4.79 Å². The maximum atomic E-state index is 11.6. The van der Waals surface area contributed by atoms with Crippen molar-refractivity contribution in [2.45, 2.75) is 25.7 Å². The van der Waals surface area contributed by atoms with Gasteiger partial charge in [-0.15, -0.1) is 0 Å². The molecule has 2 aliphatic rings. The second-order valence-electron chi connectivity index (χ2n) is 5.19. The molecule has 0 radical (unpaired) electrons. The fraction of sp³-hybridized carbons (Fsp3) is 0.533. The summed E-state index contributed by atoms with van der Waals surface area (Å²) in [5.41, 5.74) is 4.01. The van der Waals surface area contributed by atoms with Crippen molar-refractivity contribution in [1.82, 2.24) is 4.90 Å². The van der Waals surface area contributed by atoms with Crippen LogP contribution in [0.2, 0.25) is 0 Å². The van der Waals surface area contributed by atoms with Crippen LogP contribution < -0.4 is 5.32 Å². The van der Waals surface area contributed by atoms with Crippen molar-refractivity contribution in [1.29, 1.82) is 0 Å². The van der Waals surface area contributed by atoms with Gasteiger partial charge >= 0.3 is 6.09 Å². The van der Waals surface area contributed by atoms with Crippen molar-refractivity contribution in [3.63, 3.8) is 0 Å². The van der Waals surface area contributed by atoms with Gasteiger partial charge in [-0.3, -0.25) is 0 Å². The van der Waals surface area contributed by atoms with E-state index in [1.807, 2.05) is 4.90 Å². The Morgan fingerprint density at radius 2 is 2.26 bits per heavy atom. The lowest BCUT2D eigenvalue weighted by Crippen LogP contribution is -2.39. The number of hydrogen-bond donors (Lipinski definition) is 1. The SMILES string of the molecule is O=C1OCCCN1CCc1cccc2c1NCCC2. The molecule has 0 unspecified atom stereocenters. The Morgan fingerprint density at radius 3 is 3.16 bits per heavy atom. The van der Waals surface area contributed by atoms with E-state index < -0.39 is 0 Å². The Bertz CT molecular complexity index is 473. The van der Waals surface area contributed by atoms with Crippen molar-refractivity contribution in [2.24, 2.45) is 0 Å². The van der Waals surface area contributed by atoms with Gasteiger partial charge in [-0.05, 0) is 36.8 Å². The average Bonchev–Trinajstić information content (AvgIpc) is 2.46. The van der Waals surface area contributed by atoms with Crippen molar-refractivity contribution >= 4 is 11.8 Å². The second kappa shape index (κ2) is 5.51. The van der Waals surface area contributed by atoms with Gasteiger partial charge in [-0.25, -0.2) is 4.79 Å². The van der Waals surface area contributed by atoms with E-state index >= 15 is 0 Å². The third-order valence-corrected chi connectivity index (χ3v) is 3.87. The third-order valence-electron chi connectivity index (χ3n) is 3.87. The standard InChI is InChI=1S/C15H20N2O2/c18-15-17(9-3-11-19-15)10-7-13-5-1-4-12-6-2-8-16-14(12)13/h1,4-5,16H,2-3,6-11H2. The average molecular weight is 260 g/mol. The van der Waals surface area contributed by atoms with Gasteiger partial charge < -0.3 is 15.0 Å². The first-order valence-corrected chi connectivity index (χ1v) is 7.11. The number of anilines is 1. The monoisotopic (exact) mass is 260 g/mol. The number of carbonyl (C=O) groups is 1. The molecule has 0 aliphatic carbocycles. The van der Waals surface area contributed by atoms with E-state index in [4.69, 9.17) is 4.74 Å². The number of amides is 1. The van der Waals surface area contributed by atoms with Crippen LogP contribution in [0.5, 0.6) is 0 Å². The molecule has 1 N–H and O–H groups in total. The first-order valence-electron chi connectivity index (χ1n) is 7.11. The van der Waals surface area contributed by atoms with Crippen LogP contribution >= 0.6 is 0 Å². The fourth-order valence-electron chi connectivity index (χ4n) is 2.85. The molecule has 1 saturated heterocycles. The summed E-state index contributed by atoms with van der Waals surface area (Å²) in [6.45, 7) is 3.19. The minimum atomic E-state index is -0.163. The molecule has 1 amide bonds. The molecule has 3 rings (SSSR count). The van der Waals surface area contributed by atoms with E-state index in [-0.39, 0.29) is 6.09 Å². The Kier molecular flexibility index (Phi) is 3.58. The van der Waals surface area contributed by atoms with Crippen molar-refractivity contribution in [2.75, 3.05) is 31.6 Å². The minimum absolute atomic E-state index is 0.163. The van der Waals surface area contributed by atoms with Gasteiger partial charge in [-0.2, -0.15) is 0 Å². The number of rotatable bonds is 3. The molecule has 1 aromatic carbocycles. The lowest BCUT2D eigenvalue weighted by Gasteiger charge is -2.27. The van der Waals surface area contributed by atoms with Crippen LogP contribution in [-0.4, -0.2) is 37.2 Å². The van der Waals surface area contributed by atoms with Crippen LogP contribution in [0.4, 0.5) is 10.5 Å². The van der Waals surface area contributed by atoms with Crippen LogP contribution in [-0.2, 0) is 17.6 Å². The zero-order valence-electron chi connectivity index (χ0n) is 11.2. The first-order chi connectivity index (χ1) is 9.34. The quantitative estimate of drug-likeness (QED) is 0.907. The predicted octanol–water partition coefficient (Wildman–Crippen LogP) is 2.43. The number of carbonyl (C=O) groups excluding carboxylic acids is 1. The summed E-state index contributed by atoms with van der Waals surface area (Å²) in [7, 11) is 0. The highest BCUT2D eigenvalue weighted by Gasteiger charge is 2.20. The number of cyclic esters (lactones) is 1. The summed E-state index contributed by atoms with van der Waals surface area (Å²) in [4.78, 5) is 13.4. The first kappa shape index (κ1) is 12.3.